The molecule has 1 amide bonds. The number of hydrogen-bond donors (Lipinski definition) is 2. The standard InChI is InChI=1S/C17H21N3O2/c18-7-12-1-3-13(4-2-12)8-20-9-15(11-21)16(10-20)19-17(22)14-5-6-14/h1-4,14-16,21H,5-6,8-11H2,(H,19,22)/t15-,16+/m0/s1. The summed E-state index contributed by atoms with van der Waals surface area (Å²) in [5.74, 6) is 0.441. The van der Waals surface area contributed by atoms with Crippen LogP contribution in [0.3, 0.4) is 0 Å². The van der Waals surface area contributed by atoms with Gasteiger partial charge in [-0.2, -0.15) is 5.26 Å². The molecule has 1 aromatic carbocycles. The van der Waals surface area contributed by atoms with Crippen molar-refractivity contribution in [2.24, 2.45) is 11.8 Å². The Morgan fingerprint density at radius 3 is 2.64 bits per heavy atom. The summed E-state index contributed by atoms with van der Waals surface area (Å²) in [5.41, 5.74) is 1.80. The fraction of sp³-hybridized carbons (Fsp3) is 0.529. The first-order valence-electron chi connectivity index (χ1n) is 7.82. The zero-order chi connectivity index (χ0) is 15.5. The van der Waals surface area contributed by atoms with E-state index in [0.717, 1.165) is 38.0 Å². The van der Waals surface area contributed by atoms with E-state index in [2.05, 4.69) is 16.3 Å². The number of benzene rings is 1. The van der Waals surface area contributed by atoms with Crippen molar-refractivity contribution in [3.63, 3.8) is 0 Å². The Bertz CT molecular complexity index is 575. The van der Waals surface area contributed by atoms with Crippen molar-refractivity contribution in [3.8, 4) is 6.07 Å². The zero-order valence-electron chi connectivity index (χ0n) is 12.5. The predicted molar refractivity (Wildman–Crippen MR) is 81.7 cm³/mol. The van der Waals surface area contributed by atoms with Crippen LogP contribution in [0.5, 0.6) is 0 Å². The van der Waals surface area contributed by atoms with Gasteiger partial charge < -0.3 is 10.4 Å². The lowest BCUT2D eigenvalue weighted by molar-refractivity contribution is -0.123. The summed E-state index contributed by atoms with van der Waals surface area (Å²) >= 11 is 0. The Balaban J connectivity index is 1.58. The number of likely N-dealkylation sites (tertiary alicyclic amines) is 1. The van der Waals surface area contributed by atoms with E-state index in [-0.39, 0.29) is 30.4 Å². The van der Waals surface area contributed by atoms with Crippen LogP contribution >= 0.6 is 0 Å². The van der Waals surface area contributed by atoms with Crippen LogP contribution in [0.1, 0.15) is 24.0 Å². The molecule has 1 aromatic rings. The molecule has 1 saturated carbocycles. The molecule has 2 N–H and O–H groups in total. The van der Waals surface area contributed by atoms with Gasteiger partial charge in [-0.25, -0.2) is 0 Å². The Labute approximate surface area is 130 Å². The fourth-order valence-corrected chi connectivity index (χ4v) is 3.03. The van der Waals surface area contributed by atoms with Crippen LogP contribution in [0.15, 0.2) is 24.3 Å². The molecule has 0 bridgehead atoms. The lowest BCUT2D eigenvalue weighted by Gasteiger charge is -2.18. The number of rotatable bonds is 5. The third-order valence-electron chi connectivity index (χ3n) is 4.52. The number of amides is 1. The van der Waals surface area contributed by atoms with Crippen LogP contribution in [-0.4, -0.2) is 41.7 Å². The summed E-state index contributed by atoms with van der Waals surface area (Å²) < 4.78 is 0. The molecule has 2 atom stereocenters. The molecule has 2 aliphatic rings. The minimum Gasteiger partial charge on any atom is -0.396 e. The Morgan fingerprint density at radius 1 is 1.32 bits per heavy atom. The molecular weight excluding hydrogens is 278 g/mol. The van der Waals surface area contributed by atoms with E-state index in [1.807, 2.05) is 24.3 Å². The number of nitriles is 1. The monoisotopic (exact) mass is 299 g/mol. The molecule has 5 heteroatoms. The molecule has 22 heavy (non-hydrogen) atoms. The van der Waals surface area contributed by atoms with E-state index in [1.54, 1.807) is 0 Å². The lowest BCUT2D eigenvalue weighted by atomic mass is 10.1. The first-order valence-corrected chi connectivity index (χ1v) is 7.82. The first-order chi connectivity index (χ1) is 10.7. The van der Waals surface area contributed by atoms with Gasteiger partial charge in [0.15, 0.2) is 0 Å². The number of nitrogens with zero attached hydrogens (tertiary/aromatic N) is 2. The van der Waals surface area contributed by atoms with Gasteiger partial charge in [-0.1, -0.05) is 12.1 Å². The fourth-order valence-electron chi connectivity index (χ4n) is 3.03. The van der Waals surface area contributed by atoms with E-state index >= 15 is 0 Å². The Morgan fingerprint density at radius 2 is 2.05 bits per heavy atom. The molecule has 0 aromatic heterocycles. The lowest BCUT2D eigenvalue weighted by Crippen LogP contribution is -2.42. The van der Waals surface area contributed by atoms with E-state index in [1.165, 1.54) is 0 Å². The van der Waals surface area contributed by atoms with Crippen molar-refractivity contribution >= 4 is 5.91 Å². The van der Waals surface area contributed by atoms with Gasteiger partial charge in [0.1, 0.15) is 0 Å². The molecular formula is C17H21N3O2. The van der Waals surface area contributed by atoms with Gasteiger partial charge >= 0.3 is 0 Å². The van der Waals surface area contributed by atoms with Gasteiger partial charge in [0.2, 0.25) is 5.91 Å². The first kappa shape index (κ1) is 15.0. The highest BCUT2D eigenvalue weighted by molar-refractivity contribution is 5.81. The molecule has 0 unspecified atom stereocenters. The SMILES string of the molecule is N#Cc1ccc(CN2C[C@@H](CO)[C@H](NC(=O)C3CC3)C2)cc1. The second-order valence-electron chi connectivity index (χ2n) is 6.33. The van der Waals surface area contributed by atoms with Crippen molar-refractivity contribution in [1.82, 2.24) is 10.2 Å². The highest BCUT2D eigenvalue weighted by Gasteiger charge is 2.37. The Hall–Kier alpha value is -1.90. The van der Waals surface area contributed by atoms with Gasteiger partial charge in [0.25, 0.3) is 0 Å². The maximum absolute atomic E-state index is 11.9. The number of aliphatic hydroxyl groups excluding tert-OH is 1. The molecule has 1 heterocycles. The molecule has 0 radical (unpaired) electrons. The molecule has 5 nitrogen and oxygen atoms in total. The molecule has 3 rings (SSSR count). The highest BCUT2D eigenvalue weighted by atomic mass is 16.3. The summed E-state index contributed by atoms with van der Waals surface area (Å²) in [6.07, 6.45) is 1.99. The van der Waals surface area contributed by atoms with Crippen molar-refractivity contribution < 1.29 is 9.90 Å². The second-order valence-corrected chi connectivity index (χ2v) is 6.33. The van der Waals surface area contributed by atoms with Gasteiger partial charge in [-0.3, -0.25) is 9.69 Å². The third kappa shape index (κ3) is 3.46. The van der Waals surface area contributed by atoms with Gasteiger partial charge in [0.05, 0.1) is 11.6 Å². The summed E-state index contributed by atoms with van der Waals surface area (Å²) in [5, 5.41) is 21.5. The van der Waals surface area contributed by atoms with Crippen LogP contribution < -0.4 is 5.32 Å². The highest BCUT2D eigenvalue weighted by Crippen LogP contribution is 2.30. The normalized spacial score (nSPS) is 24.9. The minimum atomic E-state index is 0.0384. The van der Waals surface area contributed by atoms with E-state index in [4.69, 9.17) is 5.26 Å². The maximum Gasteiger partial charge on any atom is 0.223 e. The minimum absolute atomic E-state index is 0.0384. The molecule has 1 saturated heterocycles. The zero-order valence-corrected chi connectivity index (χ0v) is 12.5. The van der Waals surface area contributed by atoms with E-state index in [0.29, 0.717) is 5.56 Å². The maximum atomic E-state index is 11.9. The quantitative estimate of drug-likeness (QED) is 0.846. The molecule has 116 valence electrons. The van der Waals surface area contributed by atoms with Crippen LogP contribution in [0.2, 0.25) is 0 Å². The van der Waals surface area contributed by atoms with Crippen LogP contribution in [0.25, 0.3) is 0 Å². The smallest absolute Gasteiger partial charge is 0.223 e. The topological polar surface area (TPSA) is 76.4 Å². The molecule has 2 fully saturated rings. The number of carbonyl (C=O) groups is 1. The predicted octanol–water partition coefficient (Wildman–Crippen LogP) is 0.877. The summed E-state index contributed by atoms with van der Waals surface area (Å²) in [7, 11) is 0. The van der Waals surface area contributed by atoms with Gasteiger partial charge in [0, 0.05) is 44.1 Å². The third-order valence-corrected chi connectivity index (χ3v) is 4.52. The van der Waals surface area contributed by atoms with Gasteiger partial charge in [-0.15, -0.1) is 0 Å². The van der Waals surface area contributed by atoms with Crippen LogP contribution in [0.4, 0.5) is 0 Å². The van der Waals surface area contributed by atoms with Gasteiger partial charge in [-0.05, 0) is 30.5 Å². The number of hydrogen-bond acceptors (Lipinski definition) is 4. The van der Waals surface area contributed by atoms with E-state index < -0.39 is 0 Å². The van der Waals surface area contributed by atoms with Crippen LogP contribution in [-0.2, 0) is 11.3 Å². The summed E-state index contributed by atoms with van der Waals surface area (Å²) in [6.45, 7) is 2.42. The van der Waals surface area contributed by atoms with Crippen molar-refractivity contribution in [2.75, 3.05) is 19.7 Å². The van der Waals surface area contributed by atoms with Crippen molar-refractivity contribution in [1.29, 1.82) is 5.26 Å². The molecule has 0 spiro atoms. The Kier molecular flexibility index (Phi) is 4.41. The van der Waals surface area contributed by atoms with Crippen molar-refractivity contribution in [2.45, 2.75) is 25.4 Å². The van der Waals surface area contributed by atoms with E-state index in [9.17, 15) is 9.90 Å². The number of aliphatic hydroxyl groups is 1. The second kappa shape index (κ2) is 6.47. The summed E-state index contributed by atoms with van der Waals surface area (Å²) in [6, 6.07) is 9.72. The van der Waals surface area contributed by atoms with Crippen molar-refractivity contribution in [3.05, 3.63) is 35.4 Å². The number of nitrogens with one attached hydrogen (secondary N) is 1. The molecule has 1 aliphatic carbocycles. The largest absolute Gasteiger partial charge is 0.396 e. The average Bonchev–Trinajstić information content (AvgIpc) is 3.32. The average molecular weight is 299 g/mol. The number of carbonyl (C=O) groups excluding carboxylic acids is 1. The summed E-state index contributed by atoms with van der Waals surface area (Å²) in [4.78, 5) is 14.2. The van der Waals surface area contributed by atoms with Crippen LogP contribution in [0, 0.1) is 23.2 Å². The molecule has 1 aliphatic heterocycles.